The molecule has 3 rings (SSSR count). The van der Waals surface area contributed by atoms with E-state index < -0.39 is 0 Å². The van der Waals surface area contributed by atoms with E-state index in [9.17, 15) is 0 Å². The van der Waals surface area contributed by atoms with E-state index in [1.807, 2.05) is 19.1 Å². The Labute approximate surface area is 136 Å². The number of aliphatic hydroxyl groups is 1. The Hall–Kier alpha value is -2.30. The fourth-order valence-electron chi connectivity index (χ4n) is 2.87. The summed E-state index contributed by atoms with van der Waals surface area (Å²) >= 11 is 0. The number of rotatable bonds is 5. The molecule has 1 unspecified atom stereocenters. The highest BCUT2D eigenvalue weighted by Gasteiger charge is 2.21. The highest BCUT2D eigenvalue weighted by atomic mass is 16.5. The van der Waals surface area contributed by atoms with E-state index in [0.717, 1.165) is 16.9 Å². The van der Waals surface area contributed by atoms with E-state index in [2.05, 4.69) is 47.0 Å². The molecule has 2 aromatic carbocycles. The Balaban J connectivity index is 1.98. The normalized spacial score (nSPS) is 16.4. The van der Waals surface area contributed by atoms with Crippen molar-refractivity contribution in [3.05, 3.63) is 60.2 Å². The average Bonchev–Trinajstić information content (AvgIpc) is 2.58. The van der Waals surface area contributed by atoms with Crippen LogP contribution >= 0.6 is 0 Å². The molecule has 1 aliphatic rings. The Bertz CT molecular complexity index is 711. The van der Waals surface area contributed by atoms with Crippen LogP contribution in [0.4, 0.5) is 11.4 Å². The fraction of sp³-hybridized carbons (Fsp3) is 0.263. The molecule has 0 aromatic heterocycles. The minimum Gasteiger partial charge on any atom is -0.392 e. The maximum Gasteiger partial charge on any atom is 0.123 e. The fourth-order valence-corrected chi connectivity index (χ4v) is 2.87. The third-order valence-electron chi connectivity index (χ3n) is 4.05. The van der Waals surface area contributed by atoms with Crippen LogP contribution in [0.1, 0.15) is 6.92 Å². The van der Waals surface area contributed by atoms with Crippen LogP contribution in [-0.4, -0.2) is 31.1 Å². The second-order valence-corrected chi connectivity index (χ2v) is 5.62. The first-order chi connectivity index (χ1) is 11.2. The predicted molar refractivity (Wildman–Crippen MR) is 95.8 cm³/mol. The molecular weight excluding hydrogens is 288 g/mol. The van der Waals surface area contributed by atoms with Crippen LogP contribution in [-0.2, 0) is 4.74 Å². The zero-order valence-electron chi connectivity index (χ0n) is 13.4. The van der Waals surface area contributed by atoms with Crippen molar-refractivity contribution >= 4 is 22.1 Å². The summed E-state index contributed by atoms with van der Waals surface area (Å²) in [4.78, 5) is 0. The molecule has 3 N–H and O–H groups in total. The van der Waals surface area contributed by atoms with Crippen molar-refractivity contribution in [3.8, 4) is 0 Å². The van der Waals surface area contributed by atoms with Gasteiger partial charge in [-0.1, -0.05) is 36.4 Å². The molecule has 2 aromatic rings. The molecular formula is C19H22N2O2. The van der Waals surface area contributed by atoms with Gasteiger partial charge in [0.2, 0.25) is 0 Å². The number of ether oxygens (including phenoxy) is 1. The van der Waals surface area contributed by atoms with Gasteiger partial charge >= 0.3 is 0 Å². The van der Waals surface area contributed by atoms with Crippen molar-refractivity contribution in [1.82, 2.24) is 0 Å². The van der Waals surface area contributed by atoms with Crippen molar-refractivity contribution in [2.24, 2.45) is 0 Å². The number of anilines is 2. The Morgan fingerprint density at radius 1 is 1.22 bits per heavy atom. The van der Waals surface area contributed by atoms with Crippen molar-refractivity contribution in [3.63, 3.8) is 0 Å². The quantitative estimate of drug-likeness (QED) is 0.740. The van der Waals surface area contributed by atoms with E-state index in [0.29, 0.717) is 0 Å². The summed E-state index contributed by atoms with van der Waals surface area (Å²) in [6, 6.07) is 12.5. The van der Waals surface area contributed by atoms with Crippen LogP contribution in [0.3, 0.4) is 0 Å². The molecule has 0 spiro atoms. The second kappa shape index (κ2) is 6.86. The van der Waals surface area contributed by atoms with Crippen molar-refractivity contribution in [1.29, 1.82) is 0 Å². The molecule has 1 aliphatic heterocycles. The number of hydrogen-bond acceptors (Lipinski definition) is 4. The number of hydrogen-bond donors (Lipinski definition) is 3. The van der Waals surface area contributed by atoms with Crippen molar-refractivity contribution < 1.29 is 9.84 Å². The molecule has 4 heteroatoms. The van der Waals surface area contributed by atoms with Crippen LogP contribution in [0.15, 0.2) is 60.2 Å². The first-order valence-corrected chi connectivity index (χ1v) is 7.79. The molecule has 0 radical (unpaired) electrons. The summed E-state index contributed by atoms with van der Waals surface area (Å²) in [6.45, 7) is 2.00. The highest BCUT2D eigenvalue weighted by Crippen LogP contribution is 2.36. The summed E-state index contributed by atoms with van der Waals surface area (Å²) in [7, 11) is 1.69. The molecule has 0 amide bonds. The molecule has 0 saturated carbocycles. The zero-order valence-corrected chi connectivity index (χ0v) is 13.4. The molecule has 23 heavy (non-hydrogen) atoms. The van der Waals surface area contributed by atoms with E-state index in [-0.39, 0.29) is 18.9 Å². The van der Waals surface area contributed by atoms with Gasteiger partial charge in [-0.15, -0.1) is 0 Å². The minimum absolute atomic E-state index is 0.00935. The van der Waals surface area contributed by atoms with Gasteiger partial charge in [0, 0.05) is 23.9 Å². The molecule has 4 nitrogen and oxygen atoms in total. The van der Waals surface area contributed by atoms with Gasteiger partial charge in [0.05, 0.1) is 12.7 Å². The second-order valence-electron chi connectivity index (χ2n) is 5.62. The topological polar surface area (TPSA) is 53.5 Å². The largest absolute Gasteiger partial charge is 0.392 e. The van der Waals surface area contributed by atoms with E-state index >= 15 is 0 Å². The summed E-state index contributed by atoms with van der Waals surface area (Å²) in [5, 5.41) is 18.6. The average molecular weight is 310 g/mol. The predicted octanol–water partition coefficient (Wildman–Crippen LogP) is 3.51. The van der Waals surface area contributed by atoms with E-state index in [1.165, 1.54) is 10.8 Å². The van der Waals surface area contributed by atoms with Crippen LogP contribution in [0, 0.1) is 0 Å². The zero-order chi connectivity index (χ0) is 16.2. The number of aliphatic hydroxyl groups excluding tert-OH is 1. The molecule has 0 saturated heterocycles. The molecule has 0 fully saturated rings. The van der Waals surface area contributed by atoms with Gasteiger partial charge < -0.3 is 20.5 Å². The molecule has 1 atom stereocenters. The van der Waals surface area contributed by atoms with Crippen LogP contribution in [0.25, 0.3) is 10.8 Å². The highest BCUT2D eigenvalue weighted by molar-refractivity contribution is 6.05. The minimum atomic E-state index is -0.0732. The number of benzene rings is 2. The SMILES string of the molecule is COC(C)/C=C(\C=C/CO)C1Nc2cccc3cccc(c23)N1. The van der Waals surface area contributed by atoms with E-state index in [1.54, 1.807) is 13.2 Å². The van der Waals surface area contributed by atoms with Crippen molar-refractivity contribution in [2.75, 3.05) is 24.4 Å². The van der Waals surface area contributed by atoms with Gasteiger partial charge in [-0.3, -0.25) is 0 Å². The third kappa shape index (κ3) is 3.23. The maximum absolute atomic E-state index is 9.10. The Morgan fingerprint density at radius 2 is 1.87 bits per heavy atom. The van der Waals surface area contributed by atoms with Gasteiger partial charge in [0.1, 0.15) is 6.17 Å². The summed E-state index contributed by atoms with van der Waals surface area (Å²) < 4.78 is 5.35. The lowest BCUT2D eigenvalue weighted by atomic mass is 10.0. The Morgan fingerprint density at radius 3 is 2.43 bits per heavy atom. The summed E-state index contributed by atoms with van der Waals surface area (Å²) in [6.07, 6.45) is 5.62. The molecule has 1 heterocycles. The standard InChI is InChI=1S/C19H22N2O2/c1-13(23-2)12-15(8-5-11-22)19-20-16-9-3-6-14-7-4-10-17(21-19)18(14)16/h3-10,12-13,19-22H,11H2,1-2H3/b8-5-,15-12+. The molecule has 0 bridgehead atoms. The van der Waals surface area contributed by atoms with Gasteiger partial charge in [-0.2, -0.15) is 0 Å². The van der Waals surface area contributed by atoms with Gasteiger partial charge in [-0.25, -0.2) is 0 Å². The van der Waals surface area contributed by atoms with Crippen LogP contribution < -0.4 is 10.6 Å². The monoisotopic (exact) mass is 310 g/mol. The third-order valence-corrected chi connectivity index (χ3v) is 4.05. The maximum atomic E-state index is 9.10. The number of methoxy groups -OCH3 is 1. The first kappa shape index (κ1) is 15.6. The van der Waals surface area contributed by atoms with Crippen LogP contribution in [0.5, 0.6) is 0 Å². The Kier molecular flexibility index (Phi) is 4.65. The van der Waals surface area contributed by atoms with Gasteiger partial charge in [-0.05, 0) is 36.1 Å². The summed E-state index contributed by atoms with van der Waals surface area (Å²) in [5.74, 6) is 0. The lowest BCUT2D eigenvalue weighted by Gasteiger charge is -2.30. The smallest absolute Gasteiger partial charge is 0.123 e. The van der Waals surface area contributed by atoms with Gasteiger partial charge in [0.25, 0.3) is 0 Å². The van der Waals surface area contributed by atoms with E-state index in [4.69, 9.17) is 9.84 Å². The molecule has 0 aliphatic carbocycles. The van der Waals surface area contributed by atoms with Gasteiger partial charge in [0.15, 0.2) is 0 Å². The lowest BCUT2D eigenvalue weighted by molar-refractivity contribution is 0.155. The molecule has 120 valence electrons. The lowest BCUT2D eigenvalue weighted by Crippen LogP contribution is -2.33. The van der Waals surface area contributed by atoms with Crippen molar-refractivity contribution in [2.45, 2.75) is 19.2 Å². The van der Waals surface area contributed by atoms with Crippen LogP contribution in [0.2, 0.25) is 0 Å². The first-order valence-electron chi connectivity index (χ1n) is 7.79. The number of nitrogens with one attached hydrogen (secondary N) is 2. The summed E-state index contributed by atoms with van der Waals surface area (Å²) in [5.41, 5.74) is 3.24.